The summed E-state index contributed by atoms with van der Waals surface area (Å²) in [5.74, 6) is 0.356. The maximum atomic E-state index is 9.73. The van der Waals surface area contributed by atoms with Gasteiger partial charge in [0.25, 0.3) is 0 Å². The Morgan fingerprint density at radius 1 is 1.33 bits per heavy atom. The smallest absolute Gasteiger partial charge is 0.115 e. The van der Waals surface area contributed by atoms with Gasteiger partial charge in [0.05, 0.1) is 5.69 Å². The minimum absolute atomic E-state index is 0.313. The van der Waals surface area contributed by atoms with Crippen LogP contribution in [0.25, 0.3) is 0 Å². The first-order valence-corrected chi connectivity index (χ1v) is 7.76. The molecule has 1 atom stereocenters. The van der Waals surface area contributed by atoms with Crippen molar-refractivity contribution < 1.29 is 5.11 Å². The van der Waals surface area contributed by atoms with Gasteiger partial charge in [-0.3, -0.25) is 4.98 Å². The fourth-order valence-electron chi connectivity index (χ4n) is 3.17. The van der Waals surface area contributed by atoms with E-state index < -0.39 is 0 Å². The van der Waals surface area contributed by atoms with Crippen LogP contribution in [0.3, 0.4) is 0 Å². The quantitative estimate of drug-likeness (QED) is 0.902. The van der Waals surface area contributed by atoms with Crippen LogP contribution < -0.4 is 5.32 Å². The molecule has 2 N–H and O–H groups in total. The monoisotopic (exact) mass is 282 g/mol. The Balaban J connectivity index is 1.76. The number of rotatable bonds is 4. The predicted octanol–water partition coefficient (Wildman–Crippen LogP) is 3.52. The van der Waals surface area contributed by atoms with Crippen LogP contribution in [0, 0.1) is 0 Å². The molecule has 0 aliphatic heterocycles. The molecule has 1 aromatic heterocycles. The van der Waals surface area contributed by atoms with Crippen LogP contribution in [0.4, 0.5) is 0 Å². The summed E-state index contributed by atoms with van der Waals surface area (Å²) < 4.78 is 0. The number of nitrogens with zero attached hydrogens (tertiary/aromatic N) is 1. The number of aromatic hydroxyl groups is 1. The number of phenols is 1. The van der Waals surface area contributed by atoms with Gasteiger partial charge in [-0.15, -0.1) is 0 Å². The van der Waals surface area contributed by atoms with Crippen molar-refractivity contribution in [2.45, 2.75) is 45.2 Å². The zero-order chi connectivity index (χ0) is 14.7. The van der Waals surface area contributed by atoms with E-state index in [1.807, 2.05) is 18.3 Å². The van der Waals surface area contributed by atoms with Crippen molar-refractivity contribution in [2.24, 2.45) is 0 Å². The molecular formula is C18H22N2O. The lowest BCUT2D eigenvalue weighted by Crippen LogP contribution is -2.25. The number of hydrogen-bond acceptors (Lipinski definition) is 3. The van der Waals surface area contributed by atoms with Gasteiger partial charge in [0, 0.05) is 18.8 Å². The van der Waals surface area contributed by atoms with Gasteiger partial charge in [-0.1, -0.05) is 19.1 Å². The molecule has 0 radical (unpaired) electrons. The molecule has 0 spiro atoms. The third-order valence-electron chi connectivity index (χ3n) is 4.33. The summed E-state index contributed by atoms with van der Waals surface area (Å²) in [6, 6.07) is 10.2. The van der Waals surface area contributed by atoms with Gasteiger partial charge < -0.3 is 10.4 Å². The van der Waals surface area contributed by atoms with Gasteiger partial charge in [-0.25, -0.2) is 0 Å². The summed E-state index contributed by atoms with van der Waals surface area (Å²) in [6.45, 7) is 2.94. The fourth-order valence-corrected chi connectivity index (χ4v) is 3.17. The maximum Gasteiger partial charge on any atom is 0.115 e. The third kappa shape index (κ3) is 3.08. The van der Waals surface area contributed by atoms with Crippen LogP contribution in [-0.4, -0.2) is 10.1 Å². The third-order valence-corrected chi connectivity index (χ3v) is 4.33. The highest BCUT2D eigenvalue weighted by Gasteiger charge is 2.20. The van der Waals surface area contributed by atoms with E-state index in [1.165, 1.54) is 23.1 Å². The second-order valence-corrected chi connectivity index (χ2v) is 5.67. The highest BCUT2D eigenvalue weighted by Crippen LogP contribution is 2.32. The average molecular weight is 282 g/mol. The van der Waals surface area contributed by atoms with Crippen molar-refractivity contribution in [3.05, 3.63) is 58.9 Å². The van der Waals surface area contributed by atoms with E-state index in [0.29, 0.717) is 11.8 Å². The van der Waals surface area contributed by atoms with Gasteiger partial charge in [-0.05, 0) is 60.6 Å². The van der Waals surface area contributed by atoms with Crippen LogP contribution in [-0.2, 0) is 19.4 Å². The second kappa shape index (κ2) is 6.27. The van der Waals surface area contributed by atoms with Crippen molar-refractivity contribution >= 4 is 0 Å². The Morgan fingerprint density at radius 2 is 2.24 bits per heavy atom. The van der Waals surface area contributed by atoms with Crippen molar-refractivity contribution in [1.82, 2.24) is 10.3 Å². The molecule has 3 nitrogen and oxygen atoms in total. The molecule has 0 amide bonds. The minimum atomic E-state index is 0.313. The first-order valence-electron chi connectivity index (χ1n) is 7.76. The van der Waals surface area contributed by atoms with Crippen molar-refractivity contribution in [2.75, 3.05) is 0 Å². The highest BCUT2D eigenvalue weighted by atomic mass is 16.3. The summed E-state index contributed by atoms with van der Waals surface area (Å²) in [5, 5.41) is 13.4. The standard InChI is InChI=1S/C18H22N2O/c1-2-13-6-4-10-19-18(13)12-20-17-7-3-5-14-8-9-15(21)11-16(14)17/h4,6,8-11,17,20-21H,2-3,5,7,12H2,1H3. The summed E-state index contributed by atoms with van der Waals surface area (Å²) in [4.78, 5) is 4.50. The maximum absolute atomic E-state index is 9.73. The van der Waals surface area contributed by atoms with E-state index in [-0.39, 0.29) is 0 Å². The zero-order valence-corrected chi connectivity index (χ0v) is 12.5. The summed E-state index contributed by atoms with van der Waals surface area (Å²) in [7, 11) is 0. The average Bonchev–Trinajstić information content (AvgIpc) is 2.53. The Morgan fingerprint density at radius 3 is 3.10 bits per heavy atom. The number of aryl methyl sites for hydroxylation is 2. The van der Waals surface area contributed by atoms with E-state index in [4.69, 9.17) is 0 Å². The first-order chi connectivity index (χ1) is 10.3. The number of nitrogens with one attached hydrogen (secondary N) is 1. The van der Waals surface area contributed by atoms with Gasteiger partial charge >= 0.3 is 0 Å². The molecule has 0 bridgehead atoms. The molecule has 110 valence electrons. The van der Waals surface area contributed by atoms with Crippen LogP contribution in [0.2, 0.25) is 0 Å². The highest BCUT2D eigenvalue weighted by molar-refractivity contribution is 5.38. The Bertz CT molecular complexity index is 624. The van der Waals surface area contributed by atoms with E-state index in [2.05, 4.69) is 29.4 Å². The van der Waals surface area contributed by atoms with Crippen molar-refractivity contribution in [3.63, 3.8) is 0 Å². The number of aromatic nitrogens is 1. The molecule has 0 saturated carbocycles. The summed E-state index contributed by atoms with van der Waals surface area (Å²) in [5.41, 5.74) is 5.03. The molecule has 1 heterocycles. The predicted molar refractivity (Wildman–Crippen MR) is 84.2 cm³/mol. The topological polar surface area (TPSA) is 45.2 Å². The van der Waals surface area contributed by atoms with Crippen LogP contribution in [0.15, 0.2) is 36.5 Å². The van der Waals surface area contributed by atoms with Crippen molar-refractivity contribution in [3.8, 4) is 5.75 Å². The number of fused-ring (bicyclic) bond motifs is 1. The molecule has 1 aliphatic carbocycles. The van der Waals surface area contributed by atoms with Gasteiger partial charge in [0.15, 0.2) is 0 Å². The lowest BCUT2D eigenvalue weighted by Gasteiger charge is -2.27. The van der Waals surface area contributed by atoms with E-state index >= 15 is 0 Å². The largest absolute Gasteiger partial charge is 0.508 e. The Kier molecular flexibility index (Phi) is 4.20. The molecule has 21 heavy (non-hydrogen) atoms. The normalized spacial score (nSPS) is 17.5. The molecule has 0 saturated heterocycles. The summed E-state index contributed by atoms with van der Waals surface area (Å²) in [6.07, 6.45) is 6.28. The molecule has 1 aliphatic rings. The number of phenolic OH excluding ortho intramolecular Hbond substituents is 1. The van der Waals surface area contributed by atoms with Gasteiger partial charge in [0.2, 0.25) is 0 Å². The lowest BCUT2D eigenvalue weighted by atomic mass is 9.87. The minimum Gasteiger partial charge on any atom is -0.508 e. The zero-order valence-electron chi connectivity index (χ0n) is 12.5. The van der Waals surface area contributed by atoms with E-state index in [1.54, 1.807) is 6.07 Å². The number of benzene rings is 1. The first kappa shape index (κ1) is 14.1. The molecule has 1 aromatic carbocycles. The van der Waals surface area contributed by atoms with Gasteiger partial charge in [-0.2, -0.15) is 0 Å². The van der Waals surface area contributed by atoms with Crippen LogP contribution in [0.1, 0.15) is 48.2 Å². The lowest BCUT2D eigenvalue weighted by molar-refractivity contribution is 0.443. The molecule has 1 unspecified atom stereocenters. The van der Waals surface area contributed by atoms with Crippen LogP contribution >= 0.6 is 0 Å². The Hall–Kier alpha value is -1.87. The van der Waals surface area contributed by atoms with E-state index in [9.17, 15) is 5.11 Å². The SMILES string of the molecule is CCc1cccnc1CNC1CCCc2ccc(O)cc21. The van der Waals surface area contributed by atoms with E-state index in [0.717, 1.165) is 31.5 Å². The molecular weight excluding hydrogens is 260 g/mol. The fraction of sp³-hybridized carbons (Fsp3) is 0.389. The van der Waals surface area contributed by atoms with Crippen LogP contribution in [0.5, 0.6) is 5.75 Å². The Labute approximate surface area is 126 Å². The molecule has 2 aromatic rings. The second-order valence-electron chi connectivity index (χ2n) is 5.67. The van der Waals surface area contributed by atoms with Crippen molar-refractivity contribution in [1.29, 1.82) is 0 Å². The number of hydrogen-bond donors (Lipinski definition) is 2. The van der Waals surface area contributed by atoms with Gasteiger partial charge in [0.1, 0.15) is 5.75 Å². The molecule has 0 fully saturated rings. The summed E-state index contributed by atoms with van der Waals surface area (Å²) >= 11 is 0. The number of pyridine rings is 1. The molecule has 3 rings (SSSR count). The molecule has 3 heteroatoms.